The molecule has 1 aliphatic rings. The van der Waals surface area contributed by atoms with Gasteiger partial charge in [-0.05, 0) is 42.5 Å². The molecule has 2 aromatic carbocycles. The van der Waals surface area contributed by atoms with E-state index in [1.54, 1.807) is 30.0 Å². The topological polar surface area (TPSA) is 47.4 Å². The van der Waals surface area contributed by atoms with Crippen molar-refractivity contribution in [2.75, 3.05) is 20.3 Å². The van der Waals surface area contributed by atoms with Gasteiger partial charge in [0.25, 0.3) is 5.91 Å². The van der Waals surface area contributed by atoms with Crippen LogP contribution >= 0.6 is 24.0 Å². The highest BCUT2D eigenvalue weighted by molar-refractivity contribution is 8.26. The van der Waals surface area contributed by atoms with Gasteiger partial charge in [-0.2, -0.15) is 5.10 Å². The Morgan fingerprint density at radius 2 is 1.90 bits per heavy atom. The number of para-hydroxylation sites is 1. The van der Waals surface area contributed by atoms with E-state index in [-0.39, 0.29) is 11.7 Å². The fourth-order valence-electron chi connectivity index (χ4n) is 3.05. The molecular weight excluding hydrogens is 421 g/mol. The molecule has 1 fully saturated rings. The zero-order chi connectivity index (χ0) is 21.1. The number of nitrogens with zero attached hydrogens (tertiary/aromatic N) is 3. The van der Waals surface area contributed by atoms with Crippen molar-refractivity contribution in [3.63, 3.8) is 0 Å². The number of carbonyl (C=O) groups is 1. The number of halogens is 1. The second-order valence-electron chi connectivity index (χ2n) is 6.55. The predicted molar refractivity (Wildman–Crippen MR) is 121 cm³/mol. The first-order chi connectivity index (χ1) is 14.6. The Kier molecular flexibility index (Phi) is 6.08. The Bertz CT molecular complexity index is 1110. The van der Waals surface area contributed by atoms with Gasteiger partial charge in [0.05, 0.1) is 29.4 Å². The molecular formula is C22H18FN3O2S2. The summed E-state index contributed by atoms with van der Waals surface area (Å²) in [5.74, 6) is -0.471. The van der Waals surface area contributed by atoms with E-state index in [1.807, 2.05) is 36.5 Å². The van der Waals surface area contributed by atoms with E-state index in [9.17, 15) is 9.18 Å². The van der Waals surface area contributed by atoms with Crippen LogP contribution in [0.3, 0.4) is 0 Å². The maximum atomic E-state index is 13.4. The molecule has 0 unspecified atom stereocenters. The Balaban J connectivity index is 1.76. The monoisotopic (exact) mass is 439 g/mol. The molecule has 152 valence electrons. The lowest BCUT2D eigenvalue weighted by Gasteiger charge is -2.12. The fourth-order valence-corrected chi connectivity index (χ4v) is 4.35. The molecule has 0 aliphatic carbocycles. The quantitative estimate of drug-likeness (QED) is 0.417. The maximum Gasteiger partial charge on any atom is 0.266 e. The van der Waals surface area contributed by atoms with Crippen LogP contribution in [-0.2, 0) is 9.53 Å². The van der Waals surface area contributed by atoms with Crippen molar-refractivity contribution in [2.45, 2.75) is 0 Å². The van der Waals surface area contributed by atoms with Crippen molar-refractivity contribution in [2.24, 2.45) is 0 Å². The highest BCUT2D eigenvalue weighted by Gasteiger charge is 2.32. The molecule has 0 bridgehead atoms. The number of rotatable bonds is 6. The second-order valence-corrected chi connectivity index (χ2v) is 8.22. The van der Waals surface area contributed by atoms with Gasteiger partial charge in [0.15, 0.2) is 0 Å². The minimum Gasteiger partial charge on any atom is -0.383 e. The van der Waals surface area contributed by atoms with E-state index in [0.29, 0.717) is 28.1 Å². The van der Waals surface area contributed by atoms with Crippen LogP contribution in [0.4, 0.5) is 4.39 Å². The van der Waals surface area contributed by atoms with E-state index in [4.69, 9.17) is 22.1 Å². The summed E-state index contributed by atoms with van der Waals surface area (Å²) in [5.41, 5.74) is 3.04. The van der Waals surface area contributed by atoms with E-state index < -0.39 is 0 Å². The number of thioether (sulfide) groups is 1. The van der Waals surface area contributed by atoms with E-state index >= 15 is 0 Å². The van der Waals surface area contributed by atoms with Gasteiger partial charge < -0.3 is 4.74 Å². The lowest BCUT2D eigenvalue weighted by Crippen LogP contribution is -2.31. The average Bonchev–Trinajstić information content (AvgIpc) is 3.29. The van der Waals surface area contributed by atoms with Crippen molar-refractivity contribution in [1.82, 2.24) is 14.7 Å². The van der Waals surface area contributed by atoms with Gasteiger partial charge in [-0.1, -0.05) is 42.2 Å². The number of hydrogen-bond donors (Lipinski definition) is 0. The molecule has 0 spiro atoms. The van der Waals surface area contributed by atoms with Crippen LogP contribution < -0.4 is 0 Å². The van der Waals surface area contributed by atoms with Crippen molar-refractivity contribution in [3.05, 3.63) is 77.1 Å². The molecule has 0 atom stereocenters. The van der Waals surface area contributed by atoms with Gasteiger partial charge in [0.2, 0.25) is 0 Å². The van der Waals surface area contributed by atoms with E-state index in [1.165, 1.54) is 28.8 Å². The van der Waals surface area contributed by atoms with Crippen LogP contribution in [0.15, 0.2) is 65.7 Å². The highest BCUT2D eigenvalue weighted by atomic mass is 32.2. The molecule has 0 N–H and O–H groups in total. The van der Waals surface area contributed by atoms with Crippen LogP contribution in [0, 0.1) is 5.82 Å². The number of amides is 1. The molecule has 2 heterocycles. The summed E-state index contributed by atoms with van der Waals surface area (Å²) in [6.45, 7) is 0.819. The average molecular weight is 440 g/mol. The molecule has 5 nitrogen and oxygen atoms in total. The molecule has 3 aromatic rings. The molecule has 1 aromatic heterocycles. The van der Waals surface area contributed by atoms with Crippen LogP contribution in [-0.4, -0.2) is 45.2 Å². The molecule has 4 rings (SSSR count). The van der Waals surface area contributed by atoms with Crippen molar-refractivity contribution in [3.8, 4) is 16.9 Å². The number of ether oxygens (including phenoxy) is 1. The fraction of sp³-hybridized carbons (Fsp3) is 0.136. The highest BCUT2D eigenvalue weighted by Crippen LogP contribution is 2.34. The molecule has 1 saturated heterocycles. The first-order valence-corrected chi connectivity index (χ1v) is 10.4. The van der Waals surface area contributed by atoms with Gasteiger partial charge in [-0.15, -0.1) is 0 Å². The van der Waals surface area contributed by atoms with Gasteiger partial charge in [-0.3, -0.25) is 9.69 Å². The first kappa shape index (κ1) is 20.5. The largest absolute Gasteiger partial charge is 0.383 e. The van der Waals surface area contributed by atoms with Crippen LogP contribution in [0.2, 0.25) is 0 Å². The minimum absolute atomic E-state index is 0.153. The molecule has 1 aliphatic heterocycles. The third-order valence-electron chi connectivity index (χ3n) is 4.56. The molecule has 8 heteroatoms. The Hall–Kier alpha value is -2.81. The standard InChI is InChI=1S/C22H18FN3O2S2/c1-28-12-11-25-21(27)19(30-22(25)29)13-16-14-26(18-5-3-2-4-6-18)24-20(16)15-7-9-17(23)10-8-15/h2-10,13-14H,11-12H2,1H3. The van der Waals surface area contributed by atoms with Crippen LogP contribution in [0.5, 0.6) is 0 Å². The number of carbonyl (C=O) groups excluding carboxylic acids is 1. The molecule has 1 amide bonds. The Morgan fingerprint density at radius 3 is 2.60 bits per heavy atom. The number of aromatic nitrogens is 2. The molecule has 0 radical (unpaired) electrons. The zero-order valence-corrected chi connectivity index (χ0v) is 17.8. The zero-order valence-electron chi connectivity index (χ0n) is 16.1. The van der Waals surface area contributed by atoms with Crippen LogP contribution in [0.25, 0.3) is 23.0 Å². The minimum atomic E-state index is -0.318. The van der Waals surface area contributed by atoms with Crippen LogP contribution in [0.1, 0.15) is 5.56 Å². The maximum absolute atomic E-state index is 13.4. The smallest absolute Gasteiger partial charge is 0.266 e. The number of benzene rings is 2. The summed E-state index contributed by atoms with van der Waals surface area (Å²) >= 11 is 6.61. The van der Waals surface area contributed by atoms with Crippen molar-refractivity contribution in [1.29, 1.82) is 0 Å². The lowest BCUT2D eigenvalue weighted by molar-refractivity contribution is -0.122. The van der Waals surface area contributed by atoms with E-state index in [0.717, 1.165) is 16.8 Å². The summed E-state index contributed by atoms with van der Waals surface area (Å²) in [4.78, 5) is 14.9. The molecule has 30 heavy (non-hydrogen) atoms. The normalized spacial score (nSPS) is 15.4. The second kappa shape index (κ2) is 8.91. The number of hydrogen-bond acceptors (Lipinski definition) is 5. The van der Waals surface area contributed by atoms with Gasteiger partial charge in [-0.25, -0.2) is 9.07 Å². The summed E-state index contributed by atoms with van der Waals surface area (Å²) in [6, 6.07) is 15.8. The van der Waals surface area contributed by atoms with Gasteiger partial charge in [0.1, 0.15) is 10.1 Å². The van der Waals surface area contributed by atoms with Gasteiger partial charge in [0, 0.05) is 24.4 Å². The third-order valence-corrected chi connectivity index (χ3v) is 5.94. The SMILES string of the molecule is COCCN1C(=O)C(=Cc2cn(-c3ccccc3)nc2-c2ccc(F)cc2)SC1=S. The Morgan fingerprint density at radius 1 is 1.17 bits per heavy atom. The first-order valence-electron chi connectivity index (χ1n) is 9.22. The predicted octanol–water partition coefficient (Wildman–Crippen LogP) is 4.53. The third kappa shape index (κ3) is 4.21. The van der Waals surface area contributed by atoms with Crippen molar-refractivity contribution >= 4 is 40.3 Å². The summed E-state index contributed by atoms with van der Waals surface area (Å²) in [7, 11) is 1.58. The Labute approximate surface area is 183 Å². The lowest BCUT2D eigenvalue weighted by atomic mass is 10.1. The van der Waals surface area contributed by atoms with E-state index in [2.05, 4.69) is 0 Å². The van der Waals surface area contributed by atoms with Gasteiger partial charge >= 0.3 is 0 Å². The number of thiocarbonyl (C=S) groups is 1. The number of methoxy groups -OCH3 is 1. The summed E-state index contributed by atoms with van der Waals surface area (Å²) in [5, 5.41) is 4.70. The molecule has 0 saturated carbocycles. The van der Waals surface area contributed by atoms with Crippen molar-refractivity contribution < 1.29 is 13.9 Å². The summed E-state index contributed by atoms with van der Waals surface area (Å²) < 4.78 is 20.7. The summed E-state index contributed by atoms with van der Waals surface area (Å²) in [6.07, 6.45) is 3.65.